The monoisotopic (exact) mass is 234 g/mol. The summed E-state index contributed by atoms with van der Waals surface area (Å²) in [5, 5.41) is 4.40. The molecule has 4 rings (SSSR count). The van der Waals surface area contributed by atoms with Gasteiger partial charge in [0.15, 0.2) is 0 Å². The molecule has 3 heterocycles. The molecule has 0 amide bonds. The molecule has 2 bridgehead atoms. The van der Waals surface area contributed by atoms with Crippen LogP contribution in [0.4, 0.5) is 0 Å². The maximum Gasteiger partial charge on any atom is 0.129 e. The van der Waals surface area contributed by atoms with Crippen LogP contribution in [0.5, 0.6) is 0 Å². The Morgan fingerprint density at radius 3 is 3.06 bits per heavy atom. The van der Waals surface area contributed by atoms with Crippen molar-refractivity contribution in [1.82, 2.24) is 10.3 Å². The molecule has 1 spiro atoms. The van der Waals surface area contributed by atoms with Crippen LogP contribution in [0.25, 0.3) is 0 Å². The van der Waals surface area contributed by atoms with Crippen molar-refractivity contribution in [2.24, 2.45) is 0 Å². The minimum atomic E-state index is 0.399. The van der Waals surface area contributed by atoms with Crippen LogP contribution in [0.3, 0.4) is 0 Å². The Morgan fingerprint density at radius 1 is 1.38 bits per heavy atom. The van der Waals surface area contributed by atoms with Crippen molar-refractivity contribution in [2.75, 3.05) is 0 Å². The van der Waals surface area contributed by atoms with Gasteiger partial charge in [-0.15, -0.1) is 0 Å². The molecule has 0 aromatic carbocycles. The van der Waals surface area contributed by atoms with Crippen LogP contribution in [-0.4, -0.2) is 17.1 Å². The molecule has 84 valence electrons. The van der Waals surface area contributed by atoms with Crippen molar-refractivity contribution >= 4 is 11.6 Å². The third-order valence-corrected chi connectivity index (χ3v) is 5.01. The van der Waals surface area contributed by atoms with E-state index in [9.17, 15) is 0 Å². The molecule has 2 fully saturated rings. The van der Waals surface area contributed by atoms with Gasteiger partial charge < -0.3 is 5.32 Å². The summed E-state index contributed by atoms with van der Waals surface area (Å²) in [6, 6.07) is 5.63. The molecule has 1 aromatic heterocycles. The van der Waals surface area contributed by atoms with Crippen molar-refractivity contribution in [3.05, 3.63) is 28.5 Å². The average Bonchev–Trinajstić information content (AvgIpc) is 2.94. The molecule has 16 heavy (non-hydrogen) atoms. The number of nitrogens with zero attached hydrogens (tertiary/aromatic N) is 1. The summed E-state index contributed by atoms with van der Waals surface area (Å²) in [4.78, 5) is 4.49. The van der Waals surface area contributed by atoms with E-state index in [1.54, 1.807) is 0 Å². The smallest absolute Gasteiger partial charge is 0.129 e. The number of aryl methyl sites for hydroxylation is 1. The first-order valence-electron chi connectivity index (χ1n) is 6.20. The predicted molar refractivity (Wildman–Crippen MR) is 63.8 cm³/mol. The zero-order chi connectivity index (χ0) is 10.8. The highest BCUT2D eigenvalue weighted by Crippen LogP contribution is 2.52. The van der Waals surface area contributed by atoms with Gasteiger partial charge in [-0.2, -0.15) is 0 Å². The number of halogens is 1. The van der Waals surface area contributed by atoms with E-state index in [1.807, 2.05) is 6.07 Å². The molecule has 1 aromatic rings. The molecule has 0 saturated carbocycles. The molecular formula is C13H15ClN2. The molecule has 3 aliphatic rings. The SMILES string of the molecule is Clc1ccc2c(n1)CC[C@]21C[C@@H]2CC[C@H]1N2. The van der Waals surface area contributed by atoms with Gasteiger partial charge in [-0.05, 0) is 43.7 Å². The highest BCUT2D eigenvalue weighted by molar-refractivity contribution is 6.29. The second kappa shape index (κ2) is 2.99. The van der Waals surface area contributed by atoms with E-state index in [0.29, 0.717) is 16.6 Å². The second-order valence-electron chi connectivity index (χ2n) is 5.48. The second-order valence-corrected chi connectivity index (χ2v) is 5.87. The average molecular weight is 235 g/mol. The molecule has 0 unspecified atom stereocenters. The first-order valence-corrected chi connectivity index (χ1v) is 6.58. The molecule has 3 heteroatoms. The topological polar surface area (TPSA) is 24.9 Å². The van der Waals surface area contributed by atoms with Crippen LogP contribution in [0, 0.1) is 0 Å². The predicted octanol–water partition coefficient (Wildman–Crippen LogP) is 2.44. The van der Waals surface area contributed by atoms with Gasteiger partial charge >= 0.3 is 0 Å². The normalized spacial score (nSPS) is 39.6. The number of rotatable bonds is 0. The molecule has 3 atom stereocenters. The van der Waals surface area contributed by atoms with Crippen LogP contribution in [0.15, 0.2) is 12.1 Å². The molecule has 0 radical (unpaired) electrons. The first-order chi connectivity index (χ1) is 7.78. The molecular weight excluding hydrogens is 220 g/mol. The summed E-state index contributed by atoms with van der Waals surface area (Å²) >= 11 is 5.97. The standard InChI is InChI=1S/C13H15ClN2/c14-12-4-2-9-10(16-12)5-6-13(9)7-8-1-3-11(13)15-8/h2,4,8,11,15H,1,3,5-7H2/t8-,11+,13-/m0/s1. The van der Waals surface area contributed by atoms with Crippen LogP contribution in [-0.2, 0) is 11.8 Å². The van der Waals surface area contributed by atoms with E-state index in [4.69, 9.17) is 11.6 Å². The first kappa shape index (κ1) is 9.43. The van der Waals surface area contributed by atoms with Gasteiger partial charge in [0, 0.05) is 23.2 Å². The highest BCUT2D eigenvalue weighted by Gasteiger charge is 2.54. The summed E-state index contributed by atoms with van der Waals surface area (Å²) in [6.07, 6.45) is 6.40. The lowest BCUT2D eigenvalue weighted by Crippen LogP contribution is -2.37. The van der Waals surface area contributed by atoms with Crippen molar-refractivity contribution in [3.63, 3.8) is 0 Å². The fourth-order valence-corrected chi connectivity index (χ4v) is 4.33. The molecule has 2 saturated heterocycles. The Kier molecular flexibility index (Phi) is 1.76. The Labute approximate surface area is 100 Å². The number of hydrogen-bond acceptors (Lipinski definition) is 2. The number of aromatic nitrogens is 1. The van der Waals surface area contributed by atoms with E-state index in [-0.39, 0.29) is 0 Å². The van der Waals surface area contributed by atoms with Gasteiger partial charge in [0.25, 0.3) is 0 Å². The fourth-order valence-electron chi connectivity index (χ4n) is 4.17. The summed E-state index contributed by atoms with van der Waals surface area (Å²) in [5.41, 5.74) is 3.13. The zero-order valence-electron chi connectivity index (χ0n) is 9.17. The minimum absolute atomic E-state index is 0.399. The van der Waals surface area contributed by atoms with E-state index in [0.717, 1.165) is 12.5 Å². The van der Waals surface area contributed by atoms with E-state index < -0.39 is 0 Å². The van der Waals surface area contributed by atoms with Gasteiger partial charge in [0.2, 0.25) is 0 Å². The lowest BCUT2D eigenvalue weighted by Gasteiger charge is -2.33. The number of hydrogen-bond donors (Lipinski definition) is 1. The Balaban J connectivity index is 1.84. The molecule has 2 aliphatic heterocycles. The molecule has 1 N–H and O–H groups in total. The van der Waals surface area contributed by atoms with E-state index in [1.165, 1.54) is 36.9 Å². The Morgan fingerprint density at radius 2 is 2.31 bits per heavy atom. The third-order valence-electron chi connectivity index (χ3n) is 4.80. The minimum Gasteiger partial charge on any atom is -0.310 e. The number of nitrogens with one attached hydrogen (secondary N) is 1. The van der Waals surface area contributed by atoms with Crippen molar-refractivity contribution in [2.45, 2.75) is 49.6 Å². The highest BCUT2D eigenvalue weighted by atomic mass is 35.5. The van der Waals surface area contributed by atoms with Crippen LogP contribution in [0.1, 0.15) is 36.9 Å². The quantitative estimate of drug-likeness (QED) is 0.698. The Bertz CT molecular complexity index is 459. The van der Waals surface area contributed by atoms with Gasteiger partial charge in [-0.3, -0.25) is 0 Å². The molecule has 1 aliphatic carbocycles. The summed E-state index contributed by atoms with van der Waals surface area (Å²) in [7, 11) is 0. The third kappa shape index (κ3) is 1.05. The van der Waals surface area contributed by atoms with Gasteiger partial charge in [0.05, 0.1) is 0 Å². The van der Waals surface area contributed by atoms with Gasteiger partial charge in [0.1, 0.15) is 5.15 Å². The van der Waals surface area contributed by atoms with E-state index >= 15 is 0 Å². The number of fused-ring (bicyclic) bond motifs is 5. The lowest BCUT2D eigenvalue weighted by molar-refractivity contribution is 0.330. The van der Waals surface area contributed by atoms with Gasteiger partial charge in [-0.25, -0.2) is 4.98 Å². The number of pyridine rings is 1. The fraction of sp³-hybridized carbons (Fsp3) is 0.615. The largest absolute Gasteiger partial charge is 0.310 e. The van der Waals surface area contributed by atoms with Crippen LogP contribution >= 0.6 is 11.6 Å². The maximum atomic E-state index is 5.97. The Hall–Kier alpha value is -0.600. The van der Waals surface area contributed by atoms with Crippen molar-refractivity contribution < 1.29 is 0 Å². The van der Waals surface area contributed by atoms with Crippen LogP contribution < -0.4 is 5.32 Å². The summed E-state index contributed by atoms with van der Waals surface area (Å²) < 4.78 is 0. The zero-order valence-corrected chi connectivity index (χ0v) is 9.93. The van der Waals surface area contributed by atoms with E-state index in [2.05, 4.69) is 16.4 Å². The summed E-state index contributed by atoms with van der Waals surface area (Å²) in [5.74, 6) is 0. The lowest BCUT2D eigenvalue weighted by atomic mass is 9.70. The summed E-state index contributed by atoms with van der Waals surface area (Å²) in [6.45, 7) is 0. The van der Waals surface area contributed by atoms with Crippen molar-refractivity contribution in [3.8, 4) is 0 Å². The van der Waals surface area contributed by atoms with Crippen molar-refractivity contribution in [1.29, 1.82) is 0 Å². The van der Waals surface area contributed by atoms with Crippen LogP contribution in [0.2, 0.25) is 5.15 Å². The van der Waals surface area contributed by atoms with Gasteiger partial charge in [-0.1, -0.05) is 17.7 Å². The maximum absolute atomic E-state index is 5.97. The molecule has 2 nitrogen and oxygen atoms in total.